The zero-order chi connectivity index (χ0) is 8.39. The van der Waals surface area contributed by atoms with Crippen molar-refractivity contribution in [2.45, 2.75) is 0 Å². The highest BCUT2D eigenvalue weighted by Crippen LogP contribution is 2.12. The molecular formula is C7H5BrN4. The van der Waals surface area contributed by atoms with Crippen LogP contribution in [0.3, 0.4) is 0 Å². The molecule has 60 valence electrons. The number of halogens is 1. The Hall–Kier alpha value is -1.23. The van der Waals surface area contributed by atoms with Crippen molar-refractivity contribution in [3.8, 4) is 5.69 Å². The van der Waals surface area contributed by atoms with E-state index >= 15 is 0 Å². The summed E-state index contributed by atoms with van der Waals surface area (Å²) in [5.41, 5.74) is 0.891. The molecule has 0 amide bonds. The Balaban J connectivity index is 2.48. The quantitative estimate of drug-likeness (QED) is 0.737. The Morgan fingerprint density at radius 1 is 1.33 bits per heavy atom. The molecule has 0 aliphatic carbocycles. The van der Waals surface area contributed by atoms with Crippen LogP contribution in [0.5, 0.6) is 0 Å². The first kappa shape index (κ1) is 7.42. The molecule has 0 fully saturated rings. The average Bonchev–Trinajstić information content (AvgIpc) is 2.56. The lowest BCUT2D eigenvalue weighted by atomic mass is 10.3. The molecule has 12 heavy (non-hydrogen) atoms. The zero-order valence-corrected chi connectivity index (χ0v) is 7.64. The van der Waals surface area contributed by atoms with E-state index in [0.29, 0.717) is 0 Å². The molecule has 0 spiro atoms. The molecule has 4 nitrogen and oxygen atoms in total. The minimum atomic E-state index is 0.891. The second-order valence-corrected chi connectivity index (χ2v) is 3.12. The number of hydrogen-bond donors (Lipinski definition) is 0. The first-order valence-electron chi connectivity index (χ1n) is 3.35. The number of rotatable bonds is 1. The monoisotopic (exact) mass is 224 g/mol. The van der Waals surface area contributed by atoms with Gasteiger partial charge in [0.05, 0.1) is 5.69 Å². The van der Waals surface area contributed by atoms with Gasteiger partial charge in [0.15, 0.2) is 6.33 Å². The molecule has 0 aliphatic heterocycles. The fourth-order valence-electron chi connectivity index (χ4n) is 0.886. The van der Waals surface area contributed by atoms with Gasteiger partial charge in [-0.15, -0.1) is 15.0 Å². The van der Waals surface area contributed by atoms with E-state index in [0.717, 1.165) is 10.2 Å². The molecule has 1 heterocycles. The highest BCUT2D eigenvalue weighted by molar-refractivity contribution is 9.10. The fourth-order valence-corrected chi connectivity index (χ4v) is 1.27. The average molecular weight is 225 g/mol. The normalized spacial score (nSPS) is 10.1. The summed E-state index contributed by atoms with van der Waals surface area (Å²) in [6.07, 6.45) is 1.40. The van der Waals surface area contributed by atoms with E-state index in [-0.39, 0.29) is 0 Å². The topological polar surface area (TPSA) is 43.6 Å². The lowest BCUT2D eigenvalue weighted by Gasteiger charge is -1.96. The van der Waals surface area contributed by atoms with Crippen LogP contribution in [0.15, 0.2) is 35.1 Å². The highest BCUT2D eigenvalue weighted by Gasteiger charge is 1.96. The predicted octanol–water partition coefficient (Wildman–Crippen LogP) is 1.42. The minimum absolute atomic E-state index is 0.891. The number of aromatic nitrogens is 4. The first-order valence-corrected chi connectivity index (χ1v) is 4.14. The van der Waals surface area contributed by atoms with Gasteiger partial charge in [-0.05, 0) is 23.4 Å². The van der Waals surface area contributed by atoms with Crippen molar-refractivity contribution < 1.29 is 0 Å². The molecule has 0 bridgehead atoms. The molecule has 2 aromatic rings. The standard InChI is InChI=1S/C7H5BrN4/c8-6-2-1-3-7(4-6)12-10-5-9-11-12/h1-5H. The van der Waals surface area contributed by atoms with Gasteiger partial charge in [-0.25, -0.2) is 0 Å². The molecule has 0 unspecified atom stereocenters. The van der Waals surface area contributed by atoms with Crippen molar-refractivity contribution in [3.63, 3.8) is 0 Å². The van der Waals surface area contributed by atoms with Crippen molar-refractivity contribution in [1.29, 1.82) is 0 Å². The molecule has 0 N–H and O–H groups in total. The van der Waals surface area contributed by atoms with E-state index in [4.69, 9.17) is 0 Å². The summed E-state index contributed by atoms with van der Waals surface area (Å²) in [5, 5.41) is 11.3. The van der Waals surface area contributed by atoms with Gasteiger partial charge in [-0.1, -0.05) is 22.0 Å². The molecule has 0 saturated carbocycles. The third-order valence-corrected chi connectivity index (χ3v) is 1.88. The van der Waals surface area contributed by atoms with E-state index < -0.39 is 0 Å². The largest absolute Gasteiger partial charge is 0.162 e. The maximum atomic E-state index is 3.90. The molecule has 2 rings (SSSR count). The second-order valence-electron chi connectivity index (χ2n) is 2.21. The van der Waals surface area contributed by atoms with Crippen LogP contribution in [-0.2, 0) is 0 Å². The molecule has 0 atom stereocenters. The smallest absolute Gasteiger partial charge is 0.135 e. The van der Waals surface area contributed by atoms with Crippen LogP contribution in [-0.4, -0.2) is 20.2 Å². The Morgan fingerprint density at radius 2 is 2.25 bits per heavy atom. The van der Waals surface area contributed by atoms with Crippen LogP contribution in [0.2, 0.25) is 0 Å². The van der Waals surface area contributed by atoms with Gasteiger partial charge in [0, 0.05) is 4.47 Å². The van der Waals surface area contributed by atoms with E-state index in [1.54, 1.807) is 0 Å². The van der Waals surface area contributed by atoms with Crippen LogP contribution < -0.4 is 0 Å². The predicted molar refractivity (Wildman–Crippen MR) is 46.9 cm³/mol. The molecule has 0 aliphatic rings. The van der Waals surface area contributed by atoms with Gasteiger partial charge in [0.2, 0.25) is 0 Å². The Labute approximate surface area is 77.3 Å². The summed E-state index contributed by atoms with van der Waals surface area (Å²) in [6, 6.07) is 7.69. The van der Waals surface area contributed by atoms with Crippen LogP contribution >= 0.6 is 15.9 Å². The number of tetrazole rings is 1. The fraction of sp³-hybridized carbons (Fsp3) is 0. The summed E-state index contributed by atoms with van der Waals surface area (Å²) >= 11 is 3.36. The minimum Gasteiger partial charge on any atom is -0.135 e. The summed E-state index contributed by atoms with van der Waals surface area (Å²) in [6.45, 7) is 0. The zero-order valence-electron chi connectivity index (χ0n) is 6.05. The van der Waals surface area contributed by atoms with E-state index in [1.165, 1.54) is 11.1 Å². The van der Waals surface area contributed by atoms with Gasteiger partial charge in [0.1, 0.15) is 0 Å². The number of nitrogens with zero attached hydrogens (tertiary/aromatic N) is 4. The van der Waals surface area contributed by atoms with Crippen LogP contribution in [0, 0.1) is 0 Å². The van der Waals surface area contributed by atoms with Gasteiger partial charge in [-0.3, -0.25) is 0 Å². The third kappa shape index (κ3) is 1.35. The Morgan fingerprint density at radius 3 is 2.92 bits per heavy atom. The molecule has 0 radical (unpaired) electrons. The Kier molecular flexibility index (Phi) is 1.87. The number of hydrogen-bond acceptors (Lipinski definition) is 3. The van der Waals surface area contributed by atoms with Gasteiger partial charge in [-0.2, -0.15) is 0 Å². The van der Waals surface area contributed by atoms with Crippen molar-refractivity contribution in [2.24, 2.45) is 0 Å². The summed E-state index contributed by atoms with van der Waals surface area (Å²) in [5.74, 6) is 0. The molecule has 5 heteroatoms. The SMILES string of the molecule is Brc1cccc(-n2ncnn2)c1. The van der Waals surface area contributed by atoms with Gasteiger partial charge in [0.25, 0.3) is 0 Å². The maximum absolute atomic E-state index is 3.90. The highest BCUT2D eigenvalue weighted by atomic mass is 79.9. The van der Waals surface area contributed by atoms with Crippen molar-refractivity contribution in [1.82, 2.24) is 20.2 Å². The van der Waals surface area contributed by atoms with Crippen LogP contribution in [0.4, 0.5) is 0 Å². The Bertz CT molecular complexity index is 371. The maximum Gasteiger partial charge on any atom is 0.162 e. The van der Waals surface area contributed by atoms with Crippen molar-refractivity contribution in [2.75, 3.05) is 0 Å². The molecular weight excluding hydrogens is 220 g/mol. The van der Waals surface area contributed by atoms with Gasteiger partial charge >= 0.3 is 0 Å². The van der Waals surface area contributed by atoms with Crippen LogP contribution in [0.25, 0.3) is 5.69 Å². The summed E-state index contributed by atoms with van der Waals surface area (Å²) in [4.78, 5) is 1.46. The lowest BCUT2D eigenvalue weighted by molar-refractivity contribution is 0.719. The van der Waals surface area contributed by atoms with E-state index in [2.05, 4.69) is 31.3 Å². The van der Waals surface area contributed by atoms with Crippen LogP contribution in [0.1, 0.15) is 0 Å². The van der Waals surface area contributed by atoms with Crippen molar-refractivity contribution in [3.05, 3.63) is 35.1 Å². The molecule has 1 aromatic carbocycles. The first-order chi connectivity index (χ1) is 5.86. The van der Waals surface area contributed by atoms with Gasteiger partial charge < -0.3 is 0 Å². The lowest BCUT2D eigenvalue weighted by Crippen LogP contribution is -1.97. The summed E-state index contributed by atoms with van der Waals surface area (Å²) < 4.78 is 0.998. The number of benzene rings is 1. The molecule has 1 aromatic heterocycles. The van der Waals surface area contributed by atoms with Crippen molar-refractivity contribution >= 4 is 15.9 Å². The second kappa shape index (κ2) is 3.02. The summed E-state index contributed by atoms with van der Waals surface area (Å²) in [7, 11) is 0. The third-order valence-electron chi connectivity index (χ3n) is 1.39. The van der Waals surface area contributed by atoms with E-state index in [9.17, 15) is 0 Å². The molecule has 0 saturated heterocycles. The van der Waals surface area contributed by atoms with E-state index in [1.807, 2.05) is 24.3 Å².